The van der Waals surface area contributed by atoms with Crippen LogP contribution in [0.25, 0.3) is 0 Å². The van der Waals surface area contributed by atoms with Crippen LogP contribution < -0.4 is 0 Å². The molecule has 0 aromatic rings. The van der Waals surface area contributed by atoms with Crippen LogP contribution in [0.1, 0.15) is 72.6 Å². The standard InChI is InChI=1S/C20H34O4/c1-6-8-9-16(7-2)12-18(15(5)19(21)22)13-17(20(23)24)11-10-14(3)4/h13-14,16,18H,5-12H2,1-4H3,(H,21,22)(H,23,24). The summed E-state index contributed by atoms with van der Waals surface area (Å²) in [5, 5.41) is 18.8. The number of rotatable bonds is 13. The molecule has 0 rings (SSSR count). The second kappa shape index (κ2) is 11.9. The number of carboxylic acids is 2. The molecule has 4 heteroatoms. The minimum Gasteiger partial charge on any atom is -0.478 e. The van der Waals surface area contributed by atoms with Crippen LogP contribution in [-0.4, -0.2) is 22.2 Å². The summed E-state index contributed by atoms with van der Waals surface area (Å²) in [6, 6.07) is 0. The van der Waals surface area contributed by atoms with Crippen molar-refractivity contribution in [3.8, 4) is 0 Å². The highest BCUT2D eigenvalue weighted by Gasteiger charge is 2.22. The van der Waals surface area contributed by atoms with Crippen molar-refractivity contribution in [2.45, 2.75) is 72.6 Å². The monoisotopic (exact) mass is 338 g/mol. The first-order valence-electron chi connectivity index (χ1n) is 9.08. The molecule has 138 valence electrons. The zero-order chi connectivity index (χ0) is 18.7. The van der Waals surface area contributed by atoms with E-state index in [2.05, 4.69) is 20.4 Å². The highest BCUT2D eigenvalue weighted by Crippen LogP contribution is 2.28. The molecule has 0 aliphatic heterocycles. The topological polar surface area (TPSA) is 74.6 Å². The van der Waals surface area contributed by atoms with Gasteiger partial charge in [0.05, 0.1) is 0 Å². The van der Waals surface area contributed by atoms with Crippen LogP contribution in [0, 0.1) is 17.8 Å². The predicted molar refractivity (Wildman–Crippen MR) is 98.0 cm³/mol. The van der Waals surface area contributed by atoms with Crippen molar-refractivity contribution in [3.63, 3.8) is 0 Å². The van der Waals surface area contributed by atoms with Gasteiger partial charge in [-0.2, -0.15) is 0 Å². The van der Waals surface area contributed by atoms with E-state index in [9.17, 15) is 19.8 Å². The summed E-state index contributed by atoms with van der Waals surface area (Å²) in [4.78, 5) is 22.9. The first-order valence-corrected chi connectivity index (χ1v) is 9.08. The lowest BCUT2D eigenvalue weighted by molar-refractivity contribution is -0.134. The van der Waals surface area contributed by atoms with E-state index in [1.807, 2.05) is 13.8 Å². The second-order valence-corrected chi connectivity index (χ2v) is 7.02. The van der Waals surface area contributed by atoms with Crippen LogP contribution in [0.4, 0.5) is 0 Å². The summed E-state index contributed by atoms with van der Waals surface area (Å²) in [5.74, 6) is -1.62. The molecule has 0 aliphatic carbocycles. The van der Waals surface area contributed by atoms with Gasteiger partial charge in [0.25, 0.3) is 0 Å². The summed E-state index contributed by atoms with van der Waals surface area (Å²) in [5.41, 5.74) is 0.398. The quantitative estimate of drug-likeness (QED) is 0.447. The predicted octanol–water partition coefficient (Wildman–Crippen LogP) is 5.30. The Morgan fingerprint density at radius 1 is 1.08 bits per heavy atom. The molecule has 2 N–H and O–H groups in total. The summed E-state index contributed by atoms with van der Waals surface area (Å²) < 4.78 is 0. The number of allylic oxidation sites excluding steroid dienone is 1. The van der Waals surface area contributed by atoms with E-state index < -0.39 is 17.9 Å². The van der Waals surface area contributed by atoms with Gasteiger partial charge in [-0.25, -0.2) is 9.59 Å². The normalized spacial score (nSPS) is 14.5. The number of carboxylic acid groups (broad SMARTS) is 2. The van der Waals surface area contributed by atoms with Crippen LogP contribution in [0.15, 0.2) is 23.8 Å². The van der Waals surface area contributed by atoms with E-state index in [4.69, 9.17) is 0 Å². The fraction of sp³-hybridized carbons (Fsp3) is 0.700. The SMILES string of the molecule is C=C(C(=O)O)C(C=C(CCC(C)C)C(=O)O)CC(CC)CCCC. The molecular weight excluding hydrogens is 304 g/mol. The maximum atomic E-state index is 11.5. The zero-order valence-electron chi connectivity index (χ0n) is 15.7. The Bertz CT molecular complexity index is 449. The third kappa shape index (κ3) is 8.90. The molecule has 0 amide bonds. The van der Waals surface area contributed by atoms with Gasteiger partial charge < -0.3 is 10.2 Å². The molecular formula is C20H34O4. The molecule has 24 heavy (non-hydrogen) atoms. The van der Waals surface area contributed by atoms with Crippen molar-refractivity contribution in [2.75, 3.05) is 0 Å². The van der Waals surface area contributed by atoms with E-state index >= 15 is 0 Å². The van der Waals surface area contributed by atoms with Gasteiger partial charge in [-0.15, -0.1) is 0 Å². The average Bonchev–Trinajstić information content (AvgIpc) is 2.51. The minimum absolute atomic E-state index is 0.0910. The van der Waals surface area contributed by atoms with Crippen molar-refractivity contribution < 1.29 is 19.8 Å². The minimum atomic E-state index is -1.05. The highest BCUT2D eigenvalue weighted by molar-refractivity contribution is 5.89. The van der Waals surface area contributed by atoms with Crippen molar-refractivity contribution >= 4 is 11.9 Å². The lowest BCUT2D eigenvalue weighted by Crippen LogP contribution is -2.16. The number of aliphatic carboxylic acids is 2. The van der Waals surface area contributed by atoms with Gasteiger partial charge in [-0.1, -0.05) is 66.0 Å². The number of unbranched alkanes of at least 4 members (excludes halogenated alkanes) is 1. The van der Waals surface area contributed by atoms with Gasteiger partial charge in [0.15, 0.2) is 0 Å². The molecule has 0 saturated carbocycles. The number of hydrogen-bond acceptors (Lipinski definition) is 2. The fourth-order valence-electron chi connectivity index (χ4n) is 2.76. The van der Waals surface area contributed by atoms with Gasteiger partial charge in [-0.05, 0) is 31.1 Å². The van der Waals surface area contributed by atoms with Crippen LogP contribution in [-0.2, 0) is 9.59 Å². The fourth-order valence-corrected chi connectivity index (χ4v) is 2.76. The van der Waals surface area contributed by atoms with Gasteiger partial charge in [0.1, 0.15) is 0 Å². The van der Waals surface area contributed by atoms with Crippen LogP contribution in [0.2, 0.25) is 0 Å². The third-order valence-electron chi connectivity index (χ3n) is 4.52. The molecule has 4 nitrogen and oxygen atoms in total. The largest absolute Gasteiger partial charge is 0.478 e. The van der Waals surface area contributed by atoms with Gasteiger partial charge >= 0.3 is 11.9 Å². The summed E-state index contributed by atoms with van der Waals surface area (Å²) in [6.07, 6.45) is 7.74. The van der Waals surface area contributed by atoms with Gasteiger partial charge in [0, 0.05) is 17.1 Å². The third-order valence-corrected chi connectivity index (χ3v) is 4.52. The molecule has 2 unspecified atom stereocenters. The Hall–Kier alpha value is -1.58. The lowest BCUT2D eigenvalue weighted by atomic mass is 9.83. The Morgan fingerprint density at radius 2 is 1.71 bits per heavy atom. The first kappa shape index (κ1) is 22.4. The van der Waals surface area contributed by atoms with Crippen molar-refractivity contribution in [1.82, 2.24) is 0 Å². The van der Waals surface area contributed by atoms with Crippen LogP contribution in [0.5, 0.6) is 0 Å². The number of carbonyl (C=O) groups is 2. The molecule has 0 aromatic carbocycles. The maximum Gasteiger partial charge on any atom is 0.331 e. The highest BCUT2D eigenvalue weighted by atomic mass is 16.4. The van der Waals surface area contributed by atoms with Crippen molar-refractivity contribution in [1.29, 1.82) is 0 Å². The molecule has 0 aromatic heterocycles. The van der Waals surface area contributed by atoms with Gasteiger partial charge in [0.2, 0.25) is 0 Å². The smallest absolute Gasteiger partial charge is 0.331 e. The Kier molecular flexibility index (Phi) is 11.1. The van der Waals surface area contributed by atoms with Crippen LogP contribution >= 0.6 is 0 Å². The number of hydrogen-bond donors (Lipinski definition) is 2. The summed E-state index contributed by atoms with van der Waals surface area (Å²) >= 11 is 0. The molecule has 0 fully saturated rings. The summed E-state index contributed by atoms with van der Waals surface area (Å²) in [6.45, 7) is 12.0. The first-order chi connectivity index (χ1) is 11.2. The van der Waals surface area contributed by atoms with E-state index in [1.165, 1.54) is 0 Å². The Balaban J connectivity index is 5.34. The van der Waals surface area contributed by atoms with E-state index in [-0.39, 0.29) is 5.57 Å². The molecule has 0 spiro atoms. The molecule has 0 aliphatic rings. The van der Waals surface area contributed by atoms with E-state index in [0.717, 1.165) is 32.1 Å². The molecule has 0 heterocycles. The van der Waals surface area contributed by atoms with Crippen LogP contribution in [0.3, 0.4) is 0 Å². The molecule has 2 atom stereocenters. The molecule has 0 bridgehead atoms. The zero-order valence-corrected chi connectivity index (χ0v) is 15.7. The molecule has 0 radical (unpaired) electrons. The Labute approximate surface area is 146 Å². The van der Waals surface area contributed by atoms with Crippen molar-refractivity contribution in [2.24, 2.45) is 17.8 Å². The summed E-state index contributed by atoms with van der Waals surface area (Å²) in [7, 11) is 0. The van der Waals surface area contributed by atoms with E-state index in [1.54, 1.807) is 6.08 Å². The second-order valence-electron chi connectivity index (χ2n) is 7.02. The lowest BCUT2D eigenvalue weighted by Gasteiger charge is -2.21. The molecule has 0 saturated heterocycles. The maximum absolute atomic E-state index is 11.5. The van der Waals surface area contributed by atoms with Crippen molar-refractivity contribution in [3.05, 3.63) is 23.8 Å². The van der Waals surface area contributed by atoms with Gasteiger partial charge in [-0.3, -0.25) is 0 Å². The van der Waals surface area contributed by atoms with E-state index in [0.29, 0.717) is 30.3 Å². The average molecular weight is 338 g/mol. The Morgan fingerprint density at radius 3 is 2.12 bits per heavy atom.